The molecule has 0 unspecified atom stereocenters. The molecule has 2 atom stereocenters. The van der Waals surface area contributed by atoms with E-state index in [2.05, 4.69) is 12.1 Å². The second kappa shape index (κ2) is 4.36. The third-order valence-corrected chi connectivity index (χ3v) is 3.80. The summed E-state index contributed by atoms with van der Waals surface area (Å²) in [5.41, 5.74) is 0.129. The molecule has 0 aliphatic carbocycles. The first-order chi connectivity index (χ1) is 6.36. The molecular weight excluding hydrogens is 204 g/mol. The lowest BCUT2D eigenvalue weighted by Gasteiger charge is -2.11. The van der Waals surface area contributed by atoms with E-state index in [1.165, 1.54) is 4.90 Å². The van der Waals surface area contributed by atoms with E-state index in [-0.39, 0.29) is 10.8 Å². The van der Waals surface area contributed by atoms with E-state index < -0.39 is 0 Å². The molecule has 1 nitrogen and oxygen atoms in total. The van der Waals surface area contributed by atoms with Gasteiger partial charge in [0.1, 0.15) is 5.44 Å². The topological polar surface area (TPSA) is 9.23 Å². The lowest BCUT2D eigenvalue weighted by atomic mass is 10.4. The molecule has 70 valence electrons. The molecule has 0 radical (unpaired) electrons. The van der Waals surface area contributed by atoms with Gasteiger partial charge in [0.15, 0.2) is 0 Å². The smallest absolute Gasteiger partial charge is 0.124 e. The number of hydrogen-bond acceptors (Lipinski definition) is 2. The lowest BCUT2D eigenvalue weighted by molar-refractivity contribution is 0.174. The molecule has 2 rings (SSSR count). The molecule has 1 saturated heterocycles. The fourth-order valence-corrected chi connectivity index (χ4v) is 2.62. The molecule has 1 aromatic carbocycles. The summed E-state index contributed by atoms with van der Waals surface area (Å²) >= 11 is 7.79. The van der Waals surface area contributed by atoms with Gasteiger partial charge in [0, 0.05) is 11.5 Å². The van der Waals surface area contributed by atoms with E-state index in [0.717, 1.165) is 13.0 Å². The number of rotatable bonds is 2. The summed E-state index contributed by atoms with van der Waals surface area (Å²) in [7, 11) is 0. The van der Waals surface area contributed by atoms with Crippen LogP contribution in [0.5, 0.6) is 0 Å². The molecule has 13 heavy (non-hydrogen) atoms. The molecule has 0 amide bonds. The minimum atomic E-state index is 0.129. The lowest BCUT2D eigenvalue weighted by Crippen LogP contribution is -2.10. The third kappa shape index (κ3) is 2.39. The van der Waals surface area contributed by atoms with Crippen LogP contribution in [0, 0.1) is 0 Å². The highest BCUT2D eigenvalue weighted by Gasteiger charge is 2.26. The fourth-order valence-electron chi connectivity index (χ4n) is 1.28. The van der Waals surface area contributed by atoms with Crippen LogP contribution in [0.2, 0.25) is 0 Å². The van der Waals surface area contributed by atoms with Gasteiger partial charge in [-0.2, -0.15) is 0 Å². The van der Waals surface area contributed by atoms with Gasteiger partial charge in [0.25, 0.3) is 0 Å². The Labute approximate surface area is 87.4 Å². The maximum absolute atomic E-state index is 6.08. The van der Waals surface area contributed by atoms with E-state index in [0.29, 0.717) is 0 Å². The fraction of sp³-hybridized carbons (Fsp3) is 0.400. The van der Waals surface area contributed by atoms with Crippen molar-refractivity contribution < 1.29 is 4.74 Å². The van der Waals surface area contributed by atoms with Gasteiger partial charge in [-0.3, -0.25) is 0 Å². The van der Waals surface area contributed by atoms with Crippen molar-refractivity contribution in [3.8, 4) is 0 Å². The zero-order valence-electron chi connectivity index (χ0n) is 7.15. The minimum Gasteiger partial charge on any atom is -0.366 e. The van der Waals surface area contributed by atoms with E-state index in [1.54, 1.807) is 11.8 Å². The van der Waals surface area contributed by atoms with Crippen LogP contribution in [0.4, 0.5) is 0 Å². The quantitative estimate of drug-likeness (QED) is 0.700. The molecule has 0 N–H and O–H groups in total. The predicted molar refractivity (Wildman–Crippen MR) is 56.3 cm³/mol. The zero-order valence-corrected chi connectivity index (χ0v) is 8.72. The van der Waals surface area contributed by atoms with E-state index >= 15 is 0 Å². The highest BCUT2D eigenvalue weighted by molar-refractivity contribution is 7.99. The number of alkyl halides is 1. The first-order valence-electron chi connectivity index (χ1n) is 4.33. The van der Waals surface area contributed by atoms with Crippen LogP contribution >= 0.6 is 23.4 Å². The number of benzene rings is 1. The van der Waals surface area contributed by atoms with Gasteiger partial charge in [-0.25, -0.2) is 0 Å². The van der Waals surface area contributed by atoms with Crippen molar-refractivity contribution in [3.05, 3.63) is 30.3 Å². The first kappa shape index (κ1) is 9.38. The summed E-state index contributed by atoms with van der Waals surface area (Å²) in [6.45, 7) is 0.790. The third-order valence-electron chi connectivity index (χ3n) is 1.97. The Balaban J connectivity index is 1.98. The van der Waals surface area contributed by atoms with Crippen LogP contribution in [0.25, 0.3) is 0 Å². The molecular formula is C10H11ClOS. The molecule has 0 spiro atoms. The van der Waals surface area contributed by atoms with Gasteiger partial charge in [-0.05, 0) is 18.6 Å². The first-order valence-corrected chi connectivity index (χ1v) is 5.65. The highest BCUT2D eigenvalue weighted by atomic mass is 35.5. The van der Waals surface area contributed by atoms with Gasteiger partial charge < -0.3 is 4.74 Å². The van der Waals surface area contributed by atoms with Crippen LogP contribution in [-0.2, 0) is 4.74 Å². The molecule has 0 saturated carbocycles. The van der Waals surface area contributed by atoms with Crippen LogP contribution in [0.3, 0.4) is 0 Å². The Kier molecular flexibility index (Phi) is 3.14. The summed E-state index contributed by atoms with van der Waals surface area (Å²) in [6, 6.07) is 10.2. The SMILES string of the molecule is Cl[C@H]1CCO[C@H]1Sc1ccccc1. The van der Waals surface area contributed by atoms with Crippen LogP contribution in [0.1, 0.15) is 6.42 Å². The Hall–Kier alpha value is -0.180. The predicted octanol–water partition coefficient (Wildman–Crippen LogP) is 3.13. The van der Waals surface area contributed by atoms with Crippen molar-refractivity contribution in [1.82, 2.24) is 0 Å². The van der Waals surface area contributed by atoms with Gasteiger partial charge in [-0.15, -0.1) is 11.6 Å². The van der Waals surface area contributed by atoms with E-state index in [9.17, 15) is 0 Å². The van der Waals surface area contributed by atoms with Crippen molar-refractivity contribution in [1.29, 1.82) is 0 Å². The van der Waals surface area contributed by atoms with E-state index in [4.69, 9.17) is 16.3 Å². The molecule has 1 aliphatic rings. The standard InChI is InChI=1S/C10H11ClOS/c11-9-6-7-12-10(9)13-8-4-2-1-3-5-8/h1-5,9-10H,6-7H2/t9-,10-/m0/s1. The normalized spacial score (nSPS) is 27.8. The van der Waals surface area contributed by atoms with Crippen LogP contribution in [0.15, 0.2) is 35.2 Å². The number of halogens is 1. The molecule has 1 fully saturated rings. The molecule has 1 aromatic rings. The zero-order chi connectivity index (χ0) is 9.10. The van der Waals surface area contributed by atoms with Crippen molar-refractivity contribution >= 4 is 23.4 Å². The summed E-state index contributed by atoms with van der Waals surface area (Å²) in [4.78, 5) is 1.22. The van der Waals surface area contributed by atoms with E-state index in [1.807, 2.05) is 18.2 Å². The van der Waals surface area contributed by atoms with Crippen molar-refractivity contribution in [2.75, 3.05) is 6.61 Å². The molecule has 3 heteroatoms. The van der Waals surface area contributed by atoms with Gasteiger partial charge in [-0.1, -0.05) is 30.0 Å². The average molecular weight is 215 g/mol. The highest BCUT2D eigenvalue weighted by Crippen LogP contribution is 2.33. The summed E-state index contributed by atoms with van der Waals surface area (Å²) in [6.07, 6.45) is 0.964. The maximum Gasteiger partial charge on any atom is 0.124 e. The monoisotopic (exact) mass is 214 g/mol. The number of hydrogen-bond donors (Lipinski definition) is 0. The minimum absolute atomic E-state index is 0.129. The summed E-state index contributed by atoms with van der Waals surface area (Å²) < 4.78 is 5.50. The molecule has 0 bridgehead atoms. The van der Waals surface area contributed by atoms with Gasteiger partial charge in [0.2, 0.25) is 0 Å². The average Bonchev–Trinajstić information content (AvgIpc) is 2.54. The Morgan fingerprint density at radius 1 is 1.31 bits per heavy atom. The Morgan fingerprint density at radius 3 is 2.69 bits per heavy atom. The van der Waals surface area contributed by atoms with Crippen molar-refractivity contribution in [2.24, 2.45) is 0 Å². The Morgan fingerprint density at radius 2 is 2.08 bits per heavy atom. The molecule has 1 aliphatic heterocycles. The van der Waals surface area contributed by atoms with Crippen LogP contribution < -0.4 is 0 Å². The summed E-state index contributed by atoms with van der Waals surface area (Å²) in [5, 5.41) is 0.158. The molecule has 0 aromatic heterocycles. The maximum atomic E-state index is 6.08. The second-order valence-electron chi connectivity index (χ2n) is 2.97. The number of thioether (sulfide) groups is 1. The molecule has 1 heterocycles. The van der Waals surface area contributed by atoms with Gasteiger partial charge >= 0.3 is 0 Å². The largest absolute Gasteiger partial charge is 0.366 e. The van der Waals surface area contributed by atoms with Crippen molar-refractivity contribution in [3.63, 3.8) is 0 Å². The van der Waals surface area contributed by atoms with Crippen LogP contribution in [-0.4, -0.2) is 17.4 Å². The summed E-state index contributed by atoms with van der Waals surface area (Å²) in [5.74, 6) is 0. The number of ether oxygens (including phenoxy) is 1. The van der Waals surface area contributed by atoms with Crippen molar-refractivity contribution in [2.45, 2.75) is 22.1 Å². The Bertz CT molecular complexity index is 265. The van der Waals surface area contributed by atoms with Gasteiger partial charge in [0.05, 0.1) is 5.38 Å². The second-order valence-corrected chi connectivity index (χ2v) is 4.71.